The van der Waals surface area contributed by atoms with E-state index in [0.717, 1.165) is 18.2 Å². The first-order valence-corrected chi connectivity index (χ1v) is 4.15. The summed E-state index contributed by atoms with van der Waals surface area (Å²) in [6.07, 6.45) is -1.45. The number of aliphatic hydroxyl groups excluding tert-OH is 1. The maximum Gasteiger partial charge on any atom is 0.165 e. The van der Waals surface area contributed by atoms with Crippen LogP contribution >= 0.6 is 0 Å². The van der Waals surface area contributed by atoms with E-state index in [4.69, 9.17) is 5.11 Å². The van der Waals surface area contributed by atoms with Gasteiger partial charge in [0.05, 0.1) is 0 Å². The largest absolute Gasteiger partial charge is 0.386 e. The van der Waals surface area contributed by atoms with Crippen LogP contribution in [-0.2, 0) is 11.2 Å². The zero-order chi connectivity index (χ0) is 10.7. The van der Waals surface area contributed by atoms with E-state index in [-0.39, 0.29) is 12.0 Å². The van der Waals surface area contributed by atoms with Gasteiger partial charge in [-0.15, -0.1) is 0 Å². The van der Waals surface area contributed by atoms with Crippen LogP contribution in [-0.4, -0.2) is 17.0 Å². The highest BCUT2D eigenvalue weighted by atomic mass is 19.1. The van der Waals surface area contributed by atoms with Gasteiger partial charge in [-0.2, -0.15) is 0 Å². The van der Waals surface area contributed by atoms with Gasteiger partial charge in [0.2, 0.25) is 0 Å². The lowest BCUT2D eigenvalue weighted by Gasteiger charge is -2.04. The fourth-order valence-electron chi connectivity index (χ4n) is 1.01. The molecule has 0 saturated carbocycles. The summed E-state index contributed by atoms with van der Waals surface area (Å²) in [5.41, 5.74) is -0.0316. The Morgan fingerprint density at radius 1 is 1.50 bits per heavy atom. The third kappa shape index (κ3) is 2.60. The molecule has 1 atom stereocenters. The molecular weight excluding hydrogens is 190 g/mol. The quantitative estimate of drug-likeness (QED) is 0.801. The Bertz CT molecular complexity index is 348. The van der Waals surface area contributed by atoms with Gasteiger partial charge in [-0.1, -0.05) is 0 Å². The minimum absolute atomic E-state index is 0.0316. The number of carbonyl (C=O) groups is 1. The van der Waals surface area contributed by atoms with Gasteiger partial charge in [0.15, 0.2) is 5.78 Å². The van der Waals surface area contributed by atoms with E-state index in [2.05, 4.69) is 0 Å². The van der Waals surface area contributed by atoms with Crippen LogP contribution < -0.4 is 0 Å². The predicted octanol–water partition coefficient (Wildman–Crippen LogP) is 1.46. The molecule has 0 aliphatic rings. The van der Waals surface area contributed by atoms with Gasteiger partial charge in [0, 0.05) is 6.42 Å². The van der Waals surface area contributed by atoms with E-state index in [0.29, 0.717) is 0 Å². The summed E-state index contributed by atoms with van der Waals surface area (Å²) in [6, 6.07) is 2.89. The average molecular weight is 200 g/mol. The van der Waals surface area contributed by atoms with Crippen molar-refractivity contribution in [3.63, 3.8) is 0 Å². The third-order valence-electron chi connectivity index (χ3n) is 1.84. The Kier molecular flexibility index (Phi) is 3.30. The summed E-state index contributed by atoms with van der Waals surface area (Å²) in [6.45, 7) is 1.29. The van der Waals surface area contributed by atoms with Crippen LogP contribution in [0.3, 0.4) is 0 Å². The SMILES string of the molecule is CC(O)C(=O)Cc1cc(F)ccc1F. The second-order valence-electron chi connectivity index (χ2n) is 3.05. The fraction of sp³-hybridized carbons (Fsp3) is 0.300. The van der Waals surface area contributed by atoms with Crippen LogP contribution in [0.2, 0.25) is 0 Å². The molecule has 1 N–H and O–H groups in total. The average Bonchev–Trinajstić information content (AvgIpc) is 2.11. The summed E-state index contributed by atoms with van der Waals surface area (Å²) in [7, 11) is 0. The minimum atomic E-state index is -1.15. The van der Waals surface area contributed by atoms with Crippen LogP contribution in [0, 0.1) is 11.6 Å². The van der Waals surface area contributed by atoms with Crippen molar-refractivity contribution in [2.75, 3.05) is 0 Å². The Morgan fingerprint density at radius 2 is 2.14 bits per heavy atom. The Balaban J connectivity index is 2.86. The lowest BCUT2D eigenvalue weighted by atomic mass is 10.1. The molecule has 0 amide bonds. The van der Waals surface area contributed by atoms with Crippen LogP contribution in [0.1, 0.15) is 12.5 Å². The first-order chi connectivity index (χ1) is 6.50. The number of aliphatic hydroxyl groups is 1. The molecule has 0 spiro atoms. The highest BCUT2D eigenvalue weighted by molar-refractivity contribution is 5.84. The molecule has 0 bridgehead atoms. The number of hydrogen-bond acceptors (Lipinski definition) is 2. The summed E-state index contributed by atoms with van der Waals surface area (Å²) >= 11 is 0. The van der Waals surface area contributed by atoms with Crippen molar-refractivity contribution in [2.24, 2.45) is 0 Å². The highest BCUT2D eigenvalue weighted by Gasteiger charge is 2.13. The van der Waals surface area contributed by atoms with E-state index < -0.39 is 23.5 Å². The number of benzene rings is 1. The summed E-state index contributed by atoms with van der Waals surface area (Å²) < 4.78 is 25.7. The van der Waals surface area contributed by atoms with Gasteiger partial charge in [-0.3, -0.25) is 4.79 Å². The number of Topliss-reactive ketones (excluding diaryl/α,β-unsaturated/α-hetero) is 1. The maximum atomic E-state index is 13.0. The Labute approximate surface area is 80.2 Å². The molecule has 76 valence electrons. The predicted molar refractivity (Wildman–Crippen MR) is 46.7 cm³/mol. The van der Waals surface area contributed by atoms with Gasteiger partial charge in [-0.05, 0) is 30.7 Å². The molecule has 1 rings (SSSR count). The number of ketones is 1. The molecular formula is C10H10F2O2. The molecule has 0 heterocycles. The number of halogens is 2. The van der Waals surface area contributed by atoms with Crippen molar-refractivity contribution >= 4 is 5.78 Å². The summed E-state index contributed by atoms with van der Waals surface area (Å²) in [5.74, 6) is -1.77. The van der Waals surface area contributed by atoms with Crippen molar-refractivity contribution in [1.29, 1.82) is 0 Å². The van der Waals surface area contributed by atoms with E-state index >= 15 is 0 Å². The number of carbonyl (C=O) groups excluding carboxylic acids is 1. The minimum Gasteiger partial charge on any atom is -0.386 e. The smallest absolute Gasteiger partial charge is 0.165 e. The van der Waals surface area contributed by atoms with Gasteiger partial charge in [0.1, 0.15) is 17.7 Å². The molecule has 2 nitrogen and oxygen atoms in total. The molecule has 0 aliphatic heterocycles. The van der Waals surface area contributed by atoms with Crippen molar-refractivity contribution < 1.29 is 18.7 Å². The van der Waals surface area contributed by atoms with E-state index in [1.807, 2.05) is 0 Å². The standard InChI is InChI=1S/C10H10F2O2/c1-6(13)10(14)5-7-4-8(11)2-3-9(7)12/h2-4,6,13H,5H2,1H3. The number of hydrogen-bond donors (Lipinski definition) is 1. The molecule has 1 aromatic rings. The monoisotopic (exact) mass is 200 g/mol. The maximum absolute atomic E-state index is 13.0. The van der Waals surface area contributed by atoms with Crippen LogP contribution in [0.15, 0.2) is 18.2 Å². The Hall–Kier alpha value is -1.29. The van der Waals surface area contributed by atoms with Gasteiger partial charge >= 0.3 is 0 Å². The first-order valence-electron chi connectivity index (χ1n) is 4.15. The van der Waals surface area contributed by atoms with Gasteiger partial charge < -0.3 is 5.11 Å². The fourth-order valence-corrected chi connectivity index (χ4v) is 1.01. The van der Waals surface area contributed by atoms with Crippen molar-refractivity contribution in [3.05, 3.63) is 35.4 Å². The van der Waals surface area contributed by atoms with Gasteiger partial charge in [0.25, 0.3) is 0 Å². The van der Waals surface area contributed by atoms with Crippen LogP contribution in [0.5, 0.6) is 0 Å². The molecule has 14 heavy (non-hydrogen) atoms. The molecule has 1 aromatic carbocycles. The van der Waals surface area contributed by atoms with E-state index in [1.54, 1.807) is 0 Å². The molecule has 0 fully saturated rings. The summed E-state index contributed by atoms with van der Waals surface area (Å²) in [5, 5.41) is 8.88. The van der Waals surface area contributed by atoms with Crippen molar-refractivity contribution in [1.82, 2.24) is 0 Å². The summed E-state index contributed by atoms with van der Waals surface area (Å²) in [4.78, 5) is 11.0. The van der Waals surface area contributed by atoms with Crippen molar-refractivity contribution in [2.45, 2.75) is 19.4 Å². The molecule has 4 heteroatoms. The van der Waals surface area contributed by atoms with Crippen LogP contribution in [0.25, 0.3) is 0 Å². The number of rotatable bonds is 3. The van der Waals surface area contributed by atoms with E-state index in [9.17, 15) is 13.6 Å². The lowest BCUT2D eigenvalue weighted by Crippen LogP contribution is -2.18. The Morgan fingerprint density at radius 3 is 2.71 bits per heavy atom. The first kappa shape index (κ1) is 10.8. The zero-order valence-corrected chi connectivity index (χ0v) is 7.63. The zero-order valence-electron chi connectivity index (χ0n) is 7.63. The lowest BCUT2D eigenvalue weighted by molar-refractivity contribution is -0.125. The molecule has 1 unspecified atom stereocenters. The normalized spacial score (nSPS) is 12.6. The molecule has 0 saturated heterocycles. The molecule has 0 radical (unpaired) electrons. The van der Waals surface area contributed by atoms with Gasteiger partial charge in [-0.25, -0.2) is 8.78 Å². The second-order valence-corrected chi connectivity index (χ2v) is 3.05. The molecule has 0 aromatic heterocycles. The topological polar surface area (TPSA) is 37.3 Å². The van der Waals surface area contributed by atoms with E-state index in [1.165, 1.54) is 6.92 Å². The highest BCUT2D eigenvalue weighted by Crippen LogP contribution is 2.11. The van der Waals surface area contributed by atoms with Crippen LogP contribution in [0.4, 0.5) is 8.78 Å². The molecule has 0 aliphatic carbocycles. The van der Waals surface area contributed by atoms with Crippen molar-refractivity contribution in [3.8, 4) is 0 Å². The third-order valence-corrected chi connectivity index (χ3v) is 1.84. The second kappa shape index (κ2) is 4.28.